The standard InChI is InChI=1S/C16H22N2OS/c1-13-4-2-3-5-14(13)16(6-7-16)12-17-15(19)18-8-10-20-11-9-18/h2-5H,6-12H2,1H3,(H,17,19). The van der Waals surface area contributed by atoms with Crippen molar-refractivity contribution in [3.05, 3.63) is 35.4 Å². The van der Waals surface area contributed by atoms with Crippen LogP contribution in [0.25, 0.3) is 0 Å². The molecule has 1 saturated carbocycles. The van der Waals surface area contributed by atoms with Crippen molar-refractivity contribution in [2.75, 3.05) is 31.1 Å². The quantitative estimate of drug-likeness (QED) is 0.928. The fourth-order valence-electron chi connectivity index (χ4n) is 2.98. The van der Waals surface area contributed by atoms with E-state index in [-0.39, 0.29) is 11.4 Å². The smallest absolute Gasteiger partial charge is 0.317 e. The number of carbonyl (C=O) groups is 1. The third-order valence-electron chi connectivity index (χ3n) is 4.45. The molecule has 20 heavy (non-hydrogen) atoms. The molecule has 0 atom stereocenters. The van der Waals surface area contributed by atoms with Crippen molar-refractivity contribution in [1.29, 1.82) is 0 Å². The number of rotatable bonds is 3. The van der Waals surface area contributed by atoms with Gasteiger partial charge >= 0.3 is 6.03 Å². The Hall–Kier alpha value is -1.16. The summed E-state index contributed by atoms with van der Waals surface area (Å²) in [6, 6.07) is 8.68. The van der Waals surface area contributed by atoms with Crippen molar-refractivity contribution >= 4 is 17.8 Å². The highest BCUT2D eigenvalue weighted by atomic mass is 32.2. The molecule has 1 aromatic rings. The summed E-state index contributed by atoms with van der Waals surface area (Å²) in [5.74, 6) is 2.13. The maximum Gasteiger partial charge on any atom is 0.317 e. The molecule has 2 fully saturated rings. The summed E-state index contributed by atoms with van der Waals surface area (Å²) in [6.45, 7) is 4.71. The summed E-state index contributed by atoms with van der Waals surface area (Å²) >= 11 is 1.93. The Labute approximate surface area is 125 Å². The second-order valence-electron chi connectivity index (χ2n) is 5.85. The van der Waals surface area contributed by atoms with E-state index in [0.29, 0.717) is 0 Å². The molecule has 1 saturated heterocycles. The van der Waals surface area contributed by atoms with E-state index in [1.807, 2.05) is 16.7 Å². The topological polar surface area (TPSA) is 32.3 Å². The monoisotopic (exact) mass is 290 g/mol. The van der Waals surface area contributed by atoms with Crippen LogP contribution >= 0.6 is 11.8 Å². The van der Waals surface area contributed by atoms with E-state index < -0.39 is 0 Å². The Balaban J connectivity index is 1.60. The minimum absolute atomic E-state index is 0.116. The highest BCUT2D eigenvalue weighted by molar-refractivity contribution is 7.99. The minimum atomic E-state index is 0.116. The van der Waals surface area contributed by atoms with E-state index in [2.05, 4.69) is 36.5 Å². The lowest BCUT2D eigenvalue weighted by atomic mass is 9.92. The molecule has 2 amide bonds. The largest absolute Gasteiger partial charge is 0.337 e. The maximum absolute atomic E-state index is 12.2. The Bertz CT molecular complexity index is 493. The number of aryl methyl sites for hydroxylation is 1. The molecule has 108 valence electrons. The average Bonchev–Trinajstić information content (AvgIpc) is 3.27. The number of urea groups is 1. The van der Waals surface area contributed by atoms with E-state index in [1.165, 1.54) is 24.0 Å². The third-order valence-corrected chi connectivity index (χ3v) is 5.39. The van der Waals surface area contributed by atoms with Crippen LogP contribution in [-0.2, 0) is 5.41 Å². The van der Waals surface area contributed by atoms with Crippen molar-refractivity contribution in [2.45, 2.75) is 25.2 Å². The lowest BCUT2D eigenvalue weighted by molar-refractivity contribution is 0.202. The van der Waals surface area contributed by atoms with Gasteiger partial charge in [-0.05, 0) is 30.9 Å². The minimum Gasteiger partial charge on any atom is -0.337 e. The SMILES string of the molecule is Cc1ccccc1C1(CNC(=O)N2CCSCC2)CC1. The summed E-state index contributed by atoms with van der Waals surface area (Å²) in [5, 5.41) is 3.16. The molecule has 3 rings (SSSR count). The summed E-state index contributed by atoms with van der Waals surface area (Å²) in [6.07, 6.45) is 2.38. The fraction of sp³-hybridized carbons (Fsp3) is 0.562. The fourth-order valence-corrected chi connectivity index (χ4v) is 3.89. The number of hydrogen-bond acceptors (Lipinski definition) is 2. The van der Waals surface area contributed by atoms with Crippen molar-refractivity contribution in [1.82, 2.24) is 10.2 Å². The molecule has 1 heterocycles. The number of carbonyl (C=O) groups excluding carboxylic acids is 1. The lowest BCUT2D eigenvalue weighted by Crippen LogP contribution is -2.46. The summed E-state index contributed by atoms with van der Waals surface area (Å²) < 4.78 is 0. The highest BCUT2D eigenvalue weighted by Gasteiger charge is 2.45. The molecule has 4 heteroatoms. The number of benzene rings is 1. The second kappa shape index (κ2) is 5.68. The first-order valence-corrected chi connectivity index (χ1v) is 8.53. The predicted molar refractivity (Wildman–Crippen MR) is 84.4 cm³/mol. The maximum atomic E-state index is 12.2. The predicted octanol–water partition coefficient (Wildman–Crippen LogP) is 2.79. The molecule has 0 radical (unpaired) electrons. The summed E-state index contributed by atoms with van der Waals surface area (Å²) in [5.41, 5.74) is 2.95. The van der Waals surface area contributed by atoms with Crippen LogP contribution in [-0.4, -0.2) is 42.1 Å². The number of hydrogen-bond donors (Lipinski definition) is 1. The molecule has 0 bridgehead atoms. The first kappa shape index (κ1) is 13.8. The lowest BCUT2D eigenvalue weighted by Gasteiger charge is -2.28. The average molecular weight is 290 g/mol. The van der Waals surface area contributed by atoms with Crippen LogP contribution in [0, 0.1) is 6.92 Å². The number of nitrogens with zero attached hydrogens (tertiary/aromatic N) is 1. The number of amides is 2. The number of nitrogens with one attached hydrogen (secondary N) is 1. The molecule has 1 aromatic carbocycles. The van der Waals surface area contributed by atoms with Crippen molar-refractivity contribution in [2.24, 2.45) is 0 Å². The normalized spacial score (nSPS) is 20.6. The molecule has 0 spiro atoms. The van der Waals surface area contributed by atoms with Gasteiger partial charge in [0.05, 0.1) is 0 Å². The molecule has 1 aliphatic carbocycles. The Morgan fingerprint density at radius 3 is 2.65 bits per heavy atom. The zero-order valence-electron chi connectivity index (χ0n) is 12.0. The zero-order chi connectivity index (χ0) is 14.0. The Morgan fingerprint density at radius 2 is 2.00 bits per heavy atom. The Morgan fingerprint density at radius 1 is 1.30 bits per heavy atom. The van der Waals surface area contributed by atoms with Crippen LogP contribution in [0.5, 0.6) is 0 Å². The van der Waals surface area contributed by atoms with Crippen LogP contribution in [0.3, 0.4) is 0 Å². The summed E-state index contributed by atoms with van der Waals surface area (Å²) in [4.78, 5) is 14.1. The van der Waals surface area contributed by atoms with Crippen LogP contribution in [0.4, 0.5) is 4.79 Å². The van der Waals surface area contributed by atoms with Crippen molar-refractivity contribution in [3.8, 4) is 0 Å². The van der Waals surface area contributed by atoms with E-state index in [1.54, 1.807) is 0 Å². The molecule has 2 aliphatic rings. The van der Waals surface area contributed by atoms with Gasteiger partial charge in [0.1, 0.15) is 0 Å². The molecule has 3 nitrogen and oxygen atoms in total. The van der Waals surface area contributed by atoms with Gasteiger partial charge in [-0.2, -0.15) is 11.8 Å². The molecule has 1 N–H and O–H groups in total. The molecule has 1 aliphatic heterocycles. The van der Waals surface area contributed by atoms with E-state index in [0.717, 1.165) is 31.1 Å². The first-order chi connectivity index (χ1) is 9.71. The van der Waals surface area contributed by atoms with Gasteiger partial charge < -0.3 is 10.2 Å². The highest BCUT2D eigenvalue weighted by Crippen LogP contribution is 2.48. The van der Waals surface area contributed by atoms with Crippen LogP contribution in [0.15, 0.2) is 24.3 Å². The van der Waals surface area contributed by atoms with Gasteiger partial charge in [0.15, 0.2) is 0 Å². The van der Waals surface area contributed by atoms with Crippen molar-refractivity contribution in [3.63, 3.8) is 0 Å². The molecule has 0 aromatic heterocycles. The van der Waals surface area contributed by atoms with Gasteiger partial charge in [-0.25, -0.2) is 4.79 Å². The van der Waals surface area contributed by atoms with Crippen LogP contribution in [0.2, 0.25) is 0 Å². The van der Waals surface area contributed by atoms with Gasteiger partial charge in [-0.1, -0.05) is 24.3 Å². The van der Waals surface area contributed by atoms with Gasteiger partial charge in [0.2, 0.25) is 0 Å². The van der Waals surface area contributed by atoms with Gasteiger partial charge in [-0.15, -0.1) is 0 Å². The summed E-state index contributed by atoms with van der Waals surface area (Å²) in [7, 11) is 0. The molecule has 0 unspecified atom stereocenters. The molecular weight excluding hydrogens is 268 g/mol. The zero-order valence-corrected chi connectivity index (χ0v) is 12.8. The third kappa shape index (κ3) is 2.80. The van der Waals surface area contributed by atoms with Gasteiger partial charge in [0, 0.05) is 36.6 Å². The van der Waals surface area contributed by atoms with Crippen molar-refractivity contribution < 1.29 is 4.79 Å². The van der Waals surface area contributed by atoms with E-state index in [4.69, 9.17) is 0 Å². The van der Waals surface area contributed by atoms with Gasteiger partial charge in [0.25, 0.3) is 0 Å². The Kier molecular flexibility index (Phi) is 3.92. The van der Waals surface area contributed by atoms with E-state index in [9.17, 15) is 4.79 Å². The molecular formula is C16H22N2OS. The first-order valence-electron chi connectivity index (χ1n) is 7.38. The van der Waals surface area contributed by atoms with Crippen LogP contribution in [0.1, 0.15) is 24.0 Å². The van der Waals surface area contributed by atoms with Gasteiger partial charge in [-0.3, -0.25) is 0 Å². The van der Waals surface area contributed by atoms with Crippen LogP contribution < -0.4 is 5.32 Å². The number of thioether (sulfide) groups is 1. The second-order valence-corrected chi connectivity index (χ2v) is 7.08. The van der Waals surface area contributed by atoms with E-state index >= 15 is 0 Å².